The summed E-state index contributed by atoms with van der Waals surface area (Å²) in [6.07, 6.45) is 0. The quantitative estimate of drug-likeness (QED) is 0.380. The molecule has 0 atom stereocenters. The fourth-order valence-electron chi connectivity index (χ4n) is 1.81. The van der Waals surface area contributed by atoms with Gasteiger partial charge in [-0.15, -0.1) is 0 Å². The Morgan fingerprint density at radius 2 is 1.90 bits per heavy atom. The van der Waals surface area contributed by atoms with Crippen LogP contribution in [-0.4, -0.2) is 20.8 Å². The SMILES string of the molecule is Cc1nn(-c2c(F)cc(C(N)=NO)cc2F)c(C)c1Br. The van der Waals surface area contributed by atoms with Crippen LogP contribution in [0.5, 0.6) is 0 Å². The van der Waals surface area contributed by atoms with Gasteiger partial charge in [0.25, 0.3) is 0 Å². The topological polar surface area (TPSA) is 76.4 Å². The van der Waals surface area contributed by atoms with Crippen molar-refractivity contribution in [2.45, 2.75) is 13.8 Å². The maximum Gasteiger partial charge on any atom is 0.170 e. The average Bonchev–Trinajstić information content (AvgIpc) is 2.65. The molecule has 0 spiro atoms. The Kier molecular flexibility index (Phi) is 3.76. The van der Waals surface area contributed by atoms with Gasteiger partial charge in [-0.05, 0) is 41.9 Å². The monoisotopic (exact) mass is 344 g/mol. The van der Waals surface area contributed by atoms with Crippen molar-refractivity contribution in [1.82, 2.24) is 9.78 Å². The van der Waals surface area contributed by atoms with Crippen LogP contribution in [0.4, 0.5) is 8.78 Å². The molecule has 0 saturated carbocycles. The van der Waals surface area contributed by atoms with E-state index in [2.05, 4.69) is 26.2 Å². The lowest BCUT2D eigenvalue weighted by Gasteiger charge is -2.09. The Morgan fingerprint density at radius 1 is 1.35 bits per heavy atom. The lowest BCUT2D eigenvalue weighted by molar-refractivity contribution is 0.318. The van der Waals surface area contributed by atoms with E-state index in [0.717, 1.165) is 12.1 Å². The summed E-state index contributed by atoms with van der Waals surface area (Å²) in [5.41, 5.74) is 6.13. The van der Waals surface area contributed by atoms with Crippen molar-refractivity contribution in [3.8, 4) is 5.69 Å². The Bertz CT molecular complexity index is 689. The highest BCUT2D eigenvalue weighted by molar-refractivity contribution is 9.10. The van der Waals surface area contributed by atoms with Crippen LogP contribution in [0.25, 0.3) is 5.69 Å². The van der Waals surface area contributed by atoms with Crippen LogP contribution in [0.3, 0.4) is 0 Å². The largest absolute Gasteiger partial charge is 0.409 e. The normalized spacial score (nSPS) is 11.9. The van der Waals surface area contributed by atoms with Crippen molar-refractivity contribution < 1.29 is 14.0 Å². The van der Waals surface area contributed by atoms with Crippen molar-refractivity contribution in [1.29, 1.82) is 0 Å². The number of benzene rings is 1. The molecule has 106 valence electrons. The number of hydrogen-bond donors (Lipinski definition) is 2. The highest BCUT2D eigenvalue weighted by Gasteiger charge is 2.19. The van der Waals surface area contributed by atoms with E-state index >= 15 is 0 Å². The Balaban J connectivity index is 2.67. The molecule has 0 amide bonds. The fourth-order valence-corrected chi connectivity index (χ4v) is 2.06. The second kappa shape index (κ2) is 5.20. The average molecular weight is 345 g/mol. The summed E-state index contributed by atoms with van der Waals surface area (Å²) in [5, 5.41) is 15.3. The summed E-state index contributed by atoms with van der Waals surface area (Å²) >= 11 is 3.29. The van der Waals surface area contributed by atoms with Crippen LogP contribution in [-0.2, 0) is 0 Å². The third-order valence-electron chi connectivity index (χ3n) is 2.84. The smallest absolute Gasteiger partial charge is 0.170 e. The summed E-state index contributed by atoms with van der Waals surface area (Å²) in [6, 6.07) is 1.97. The Hall–Kier alpha value is -1.96. The molecule has 2 rings (SSSR count). The van der Waals surface area contributed by atoms with Crippen LogP contribution in [0.1, 0.15) is 17.0 Å². The molecule has 0 aliphatic rings. The molecule has 0 unspecified atom stereocenters. The third kappa shape index (κ3) is 2.26. The van der Waals surface area contributed by atoms with E-state index in [0.29, 0.717) is 15.9 Å². The van der Waals surface area contributed by atoms with Crippen LogP contribution in [0.2, 0.25) is 0 Å². The van der Waals surface area contributed by atoms with Crippen LogP contribution < -0.4 is 5.73 Å². The van der Waals surface area contributed by atoms with Gasteiger partial charge in [-0.2, -0.15) is 5.10 Å². The minimum atomic E-state index is -0.857. The molecule has 2 aromatic rings. The number of amidine groups is 1. The summed E-state index contributed by atoms with van der Waals surface area (Å²) in [4.78, 5) is 0. The first-order valence-corrected chi connectivity index (χ1v) is 6.35. The Morgan fingerprint density at radius 3 is 2.30 bits per heavy atom. The van der Waals surface area contributed by atoms with Crippen molar-refractivity contribution in [3.63, 3.8) is 0 Å². The molecule has 1 aromatic carbocycles. The number of aromatic nitrogens is 2. The van der Waals surface area contributed by atoms with Gasteiger partial charge >= 0.3 is 0 Å². The highest BCUT2D eigenvalue weighted by Crippen LogP contribution is 2.26. The summed E-state index contributed by atoms with van der Waals surface area (Å²) in [7, 11) is 0. The van der Waals surface area contributed by atoms with E-state index in [4.69, 9.17) is 10.9 Å². The first-order chi connectivity index (χ1) is 9.36. The van der Waals surface area contributed by atoms with E-state index < -0.39 is 11.6 Å². The van der Waals surface area contributed by atoms with Gasteiger partial charge in [-0.25, -0.2) is 13.5 Å². The van der Waals surface area contributed by atoms with Gasteiger partial charge in [-0.1, -0.05) is 5.16 Å². The Labute approximate surface area is 121 Å². The van der Waals surface area contributed by atoms with Crippen molar-refractivity contribution in [2.24, 2.45) is 10.9 Å². The molecule has 1 aromatic heterocycles. The minimum Gasteiger partial charge on any atom is -0.409 e. The predicted octanol–water partition coefficient (Wildman–Crippen LogP) is 2.62. The molecule has 0 fully saturated rings. The lowest BCUT2D eigenvalue weighted by atomic mass is 10.1. The molecule has 0 saturated heterocycles. The van der Waals surface area contributed by atoms with Crippen LogP contribution >= 0.6 is 15.9 Å². The van der Waals surface area contributed by atoms with E-state index in [1.165, 1.54) is 4.68 Å². The van der Waals surface area contributed by atoms with Crippen molar-refractivity contribution in [3.05, 3.63) is 45.2 Å². The maximum atomic E-state index is 14.1. The fraction of sp³-hybridized carbons (Fsp3) is 0.167. The number of oxime groups is 1. The molecule has 0 bridgehead atoms. The lowest BCUT2D eigenvalue weighted by Crippen LogP contribution is -2.15. The molecule has 0 aliphatic carbocycles. The first-order valence-electron chi connectivity index (χ1n) is 5.55. The number of nitrogens with two attached hydrogens (primary N) is 1. The van der Waals surface area contributed by atoms with Crippen molar-refractivity contribution in [2.75, 3.05) is 0 Å². The summed E-state index contributed by atoms with van der Waals surface area (Å²) in [5.74, 6) is -2.08. The molecular formula is C12H11BrF2N4O. The molecule has 0 aliphatic heterocycles. The number of nitrogens with zero attached hydrogens (tertiary/aromatic N) is 3. The van der Waals surface area contributed by atoms with E-state index in [1.54, 1.807) is 13.8 Å². The molecular weight excluding hydrogens is 334 g/mol. The van der Waals surface area contributed by atoms with E-state index in [-0.39, 0.29) is 17.1 Å². The molecule has 0 radical (unpaired) electrons. The van der Waals surface area contributed by atoms with Gasteiger partial charge in [-0.3, -0.25) is 0 Å². The van der Waals surface area contributed by atoms with Crippen LogP contribution in [0.15, 0.2) is 21.8 Å². The maximum absolute atomic E-state index is 14.1. The third-order valence-corrected chi connectivity index (χ3v) is 3.98. The molecule has 3 N–H and O–H groups in total. The van der Waals surface area contributed by atoms with E-state index in [1.807, 2.05) is 0 Å². The van der Waals surface area contributed by atoms with E-state index in [9.17, 15) is 8.78 Å². The number of hydrogen-bond acceptors (Lipinski definition) is 3. The summed E-state index contributed by atoms with van der Waals surface area (Å²) < 4.78 is 30.1. The number of rotatable bonds is 2. The zero-order valence-electron chi connectivity index (χ0n) is 10.7. The van der Waals surface area contributed by atoms with Gasteiger partial charge in [0, 0.05) is 5.56 Å². The highest BCUT2D eigenvalue weighted by atomic mass is 79.9. The van der Waals surface area contributed by atoms with Gasteiger partial charge in [0.1, 0.15) is 5.69 Å². The second-order valence-electron chi connectivity index (χ2n) is 4.17. The predicted molar refractivity (Wildman–Crippen MR) is 73.2 cm³/mol. The standard InChI is InChI=1S/C12H11BrF2N4O/c1-5-10(13)6(2)19(17-5)11-8(14)3-7(4-9(11)15)12(16)18-20/h3-4,20H,1-2H3,(H2,16,18). The minimum absolute atomic E-state index is 0.0492. The zero-order chi connectivity index (χ0) is 15.0. The zero-order valence-corrected chi connectivity index (χ0v) is 12.2. The first kappa shape index (κ1) is 14.4. The number of aryl methyl sites for hydroxylation is 1. The van der Waals surface area contributed by atoms with Crippen molar-refractivity contribution >= 4 is 21.8 Å². The molecule has 8 heteroatoms. The molecule has 1 heterocycles. The second-order valence-corrected chi connectivity index (χ2v) is 4.96. The van der Waals surface area contributed by atoms with Crippen LogP contribution in [0, 0.1) is 25.5 Å². The summed E-state index contributed by atoms with van der Waals surface area (Å²) in [6.45, 7) is 3.40. The number of halogens is 3. The van der Waals surface area contributed by atoms with Gasteiger partial charge in [0.2, 0.25) is 0 Å². The van der Waals surface area contributed by atoms with Gasteiger partial charge in [0.05, 0.1) is 15.9 Å². The molecule has 20 heavy (non-hydrogen) atoms. The van der Waals surface area contributed by atoms with Gasteiger partial charge < -0.3 is 10.9 Å². The van der Waals surface area contributed by atoms with Gasteiger partial charge in [0.15, 0.2) is 17.5 Å². The molecule has 5 nitrogen and oxygen atoms in total.